The van der Waals surface area contributed by atoms with Gasteiger partial charge in [0.05, 0.1) is 25.0 Å². The minimum Gasteiger partial charge on any atom is -0.466 e. The maximum atomic E-state index is 14.5. The summed E-state index contributed by atoms with van der Waals surface area (Å²) in [5.41, 5.74) is 0.652. The molecule has 0 spiro atoms. The topological polar surface area (TPSA) is 88.2 Å². The summed E-state index contributed by atoms with van der Waals surface area (Å²) in [4.78, 5) is 37.7. The second kappa shape index (κ2) is 6.96. The highest BCUT2D eigenvalue weighted by Gasteiger charge is 2.38. The Labute approximate surface area is 143 Å². The number of hydrogen-bond donors (Lipinski definition) is 1. The van der Waals surface area contributed by atoms with E-state index in [0.717, 1.165) is 0 Å². The molecule has 0 bridgehead atoms. The lowest BCUT2D eigenvalue weighted by molar-refractivity contribution is -0.148. The van der Waals surface area contributed by atoms with Crippen molar-refractivity contribution in [1.29, 1.82) is 0 Å². The molecule has 2 aliphatic rings. The van der Waals surface area contributed by atoms with E-state index < -0.39 is 24.0 Å². The largest absolute Gasteiger partial charge is 0.466 e. The molecule has 1 aromatic carbocycles. The predicted octanol–water partition coefficient (Wildman–Crippen LogP) is 0.650. The molecule has 1 atom stereocenters. The number of halogens is 1. The van der Waals surface area contributed by atoms with Crippen molar-refractivity contribution in [2.75, 3.05) is 43.1 Å². The van der Waals surface area contributed by atoms with Crippen LogP contribution in [0.1, 0.15) is 6.42 Å². The minimum atomic E-state index is -1.03. The van der Waals surface area contributed by atoms with E-state index >= 15 is 0 Å². The van der Waals surface area contributed by atoms with E-state index in [0.29, 0.717) is 37.4 Å². The number of ether oxygens (including phenoxy) is 2. The first-order valence-corrected chi connectivity index (χ1v) is 7.87. The van der Waals surface area contributed by atoms with Gasteiger partial charge in [-0.25, -0.2) is 14.0 Å². The molecule has 2 fully saturated rings. The number of anilines is 2. The van der Waals surface area contributed by atoms with Crippen LogP contribution in [0.4, 0.5) is 20.6 Å². The van der Waals surface area contributed by atoms with Gasteiger partial charge in [0.1, 0.15) is 5.82 Å². The molecule has 9 heteroatoms. The van der Waals surface area contributed by atoms with Gasteiger partial charge in [-0.3, -0.25) is 9.69 Å². The number of nitrogens with zero attached hydrogens (tertiary/aromatic N) is 2. The number of carbonyl (C=O) groups excluding carboxylic acids is 3. The maximum absolute atomic E-state index is 14.5. The van der Waals surface area contributed by atoms with Crippen molar-refractivity contribution in [2.45, 2.75) is 12.5 Å². The monoisotopic (exact) mass is 351 g/mol. The summed E-state index contributed by atoms with van der Waals surface area (Å²) in [6.45, 7) is 1.32. The molecule has 0 aromatic heterocycles. The molecule has 0 unspecified atom stereocenters. The van der Waals surface area contributed by atoms with Crippen LogP contribution in [0, 0.1) is 5.82 Å². The number of benzene rings is 1. The van der Waals surface area contributed by atoms with Crippen molar-refractivity contribution < 1.29 is 28.2 Å². The maximum Gasteiger partial charge on any atom is 0.415 e. The molecule has 134 valence electrons. The summed E-state index contributed by atoms with van der Waals surface area (Å²) < 4.78 is 24.0. The van der Waals surface area contributed by atoms with Crippen LogP contribution in [0.15, 0.2) is 18.2 Å². The molecule has 3 rings (SSSR count). The molecule has 2 amide bonds. The number of methoxy groups -OCH3 is 1. The van der Waals surface area contributed by atoms with Crippen LogP contribution in [-0.4, -0.2) is 57.4 Å². The summed E-state index contributed by atoms with van der Waals surface area (Å²) in [5, 5.41) is 2.73. The zero-order valence-electron chi connectivity index (χ0n) is 13.7. The Morgan fingerprint density at radius 2 is 2.16 bits per heavy atom. The summed E-state index contributed by atoms with van der Waals surface area (Å²) >= 11 is 0. The normalized spacial score (nSPS) is 20.8. The van der Waals surface area contributed by atoms with Crippen LogP contribution in [0.3, 0.4) is 0 Å². The van der Waals surface area contributed by atoms with Crippen molar-refractivity contribution >= 4 is 29.3 Å². The summed E-state index contributed by atoms with van der Waals surface area (Å²) in [5.74, 6) is -1.23. The fourth-order valence-corrected chi connectivity index (χ4v) is 2.86. The van der Waals surface area contributed by atoms with Crippen molar-refractivity contribution in [3.63, 3.8) is 0 Å². The van der Waals surface area contributed by atoms with Crippen LogP contribution < -0.4 is 15.1 Å². The number of carbonyl (C=O) groups is 3. The lowest BCUT2D eigenvalue weighted by Crippen LogP contribution is -2.30. The molecular formula is C16H18FN3O5. The average molecular weight is 351 g/mol. The Balaban J connectivity index is 1.77. The van der Waals surface area contributed by atoms with Gasteiger partial charge in [-0.15, -0.1) is 0 Å². The number of cyclic esters (lactones) is 1. The molecule has 0 aliphatic carbocycles. The second-order valence-electron chi connectivity index (χ2n) is 5.73. The molecule has 1 N–H and O–H groups in total. The van der Waals surface area contributed by atoms with E-state index in [1.807, 2.05) is 0 Å². The SMILES string of the molecule is COC(=O)[C@H]1CN(c2ccc(N3CCNC(=O)CC3)c(F)c2)C(=O)O1. The highest BCUT2D eigenvalue weighted by Crippen LogP contribution is 2.28. The van der Waals surface area contributed by atoms with Gasteiger partial charge in [-0.05, 0) is 18.2 Å². The Bertz CT molecular complexity index is 711. The van der Waals surface area contributed by atoms with Crippen LogP contribution in [-0.2, 0) is 19.1 Å². The first-order valence-electron chi connectivity index (χ1n) is 7.87. The summed E-state index contributed by atoms with van der Waals surface area (Å²) in [6.07, 6.45) is -1.46. The Hall–Kier alpha value is -2.84. The van der Waals surface area contributed by atoms with Gasteiger partial charge in [0.2, 0.25) is 12.0 Å². The predicted molar refractivity (Wildman–Crippen MR) is 85.9 cm³/mol. The fourth-order valence-electron chi connectivity index (χ4n) is 2.86. The van der Waals surface area contributed by atoms with Crippen LogP contribution in [0.5, 0.6) is 0 Å². The van der Waals surface area contributed by atoms with Gasteiger partial charge in [0.15, 0.2) is 0 Å². The number of esters is 1. The van der Waals surface area contributed by atoms with Crippen molar-refractivity contribution in [2.24, 2.45) is 0 Å². The Kier molecular flexibility index (Phi) is 4.73. The van der Waals surface area contributed by atoms with Crippen LogP contribution >= 0.6 is 0 Å². The molecule has 2 aliphatic heterocycles. The zero-order chi connectivity index (χ0) is 18.0. The van der Waals surface area contributed by atoms with Crippen LogP contribution in [0.2, 0.25) is 0 Å². The third kappa shape index (κ3) is 3.49. The molecule has 0 radical (unpaired) electrons. The van der Waals surface area contributed by atoms with E-state index in [1.54, 1.807) is 17.0 Å². The van der Waals surface area contributed by atoms with Gasteiger partial charge in [-0.1, -0.05) is 0 Å². The van der Waals surface area contributed by atoms with E-state index in [4.69, 9.17) is 4.74 Å². The molecule has 2 heterocycles. The van der Waals surface area contributed by atoms with Gasteiger partial charge in [-0.2, -0.15) is 0 Å². The van der Waals surface area contributed by atoms with Crippen LogP contribution in [0.25, 0.3) is 0 Å². The van der Waals surface area contributed by atoms with Crippen molar-refractivity contribution in [3.8, 4) is 0 Å². The van der Waals surface area contributed by atoms with E-state index in [2.05, 4.69) is 10.1 Å². The first-order chi connectivity index (χ1) is 12.0. The number of hydrogen-bond acceptors (Lipinski definition) is 6. The number of amides is 2. The molecule has 25 heavy (non-hydrogen) atoms. The van der Waals surface area contributed by atoms with E-state index in [-0.39, 0.29) is 12.5 Å². The lowest BCUT2D eigenvalue weighted by Gasteiger charge is -2.23. The van der Waals surface area contributed by atoms with Gasteiger partial charge in [0, 0.05) is 26.1 Å². The standard InChI is InChI=1S/C16H18FN3O5/c1-24-15(22)13-9-20(16(23)25-13)10-2-3-12(11(17)8-10)19-6-4-14(21)18-5-7-19/h2-3,8,13H,4-7,9H2,1H3,(H,18,21)/t13-/m1/s1. The summed E-state index contributed by atoms with van der Waals surface area (Å²) in [7, 11) is 1.20. The van der Waals surface area contributed by atoms with Crippen molar-refractivity contribution in [3.05, 3.63) is 24.0 Å². The second-order valence-corrected chi connectivity index (χ2v) is 5.73. The molecule has 1 aromatic rings. The average Bonchev–Trinajstić information content (AvgIpc) is 2.86. The number of rotatable bonds is 3. The summed E-state index contributed by atoms with van der Waals surface area (Å²) in [6, 6.07) is 4.36. The fraction of sp³-hybridized carbons (Fsp3) is 0.438. The Morgan fingerprint density at radius 1 is 1.36 bits per heavy atom. The highest BCUT2D eigenvalue weighted by molar-refractivity contribution is 5.94. The quantitative estimate of drug-likeness (QED) is 0.805. The molecular weight excluding hydrogens is 333 g/mol. The smallest absolute Gasteiger partial charge is 0.415 e. The minimum absolute atomic E-state index is 0.0353. The van der Waals surface area contributed by atoms with Gasteiger partial charge >= 0.3 is 12.1 Å². The van der Waals surface area contributed by atoms with E-state index in [1.165, 1.54) is 18.1 Å². The van der Waals surface area contributed by atoms with E-state index in [9.17, 15) is 18.8 Å². The van der Waals surface area contributed by atoms with Gasteiger partial charge < -0.3 is 19.7 Å². The third-order valence-corrected chi connectivity index (χ3v) is 4.17. The molecule has 8 nitrogen and oxygen atoms in total. The van der Waals surface area contributed by atoms with Crippen molar-refractivity contribution in [1.82, 2.24) is 5.32 Å². The highest BCUT2D eigenvalue weighted by atomic mass is 19.1. The zero-order valence-corrected chi connectivity index (χ0v) is 13.7. The third-order valence-electron chi connectivity index (χ3n) is 4.17. The Morgan fingerprint density at radius 3 is 2.88 bits per heavy atom. The van der Waals surface area contributed by atoms with Gasteiger partial charge in [0.25, 0.3) is 0 Å². The number of nitrogens with one attached hydrogen (secondary N) is 1. The molecule has 0 saturated carbocycles. The molecule has 2 saturated heterocycles. The first kappa shape index (κ1) is 17.0. The lowest BCUT2D eigenvalue weighted by atomic mass is 10.2.